The smallest absolute Gasteiger partial charge is 0.491 e. The van der Waals surface area contributed by atoms with Crippen molar-refractivity contribution in [3.63, 3.8) is 0 Å². The second kappa shape index (κ2) is 18.6. The van der Waals surface area contributed by atoms with E-state index in [0.717, 1.165) is 50.7 Å². The molecule has 9 rings (SSSR count). The van der Waals surface area contributed by atoms with E-state index >= 15 is 0 Å². The zero-order valence-electron chi connectivity index (χ0n) is 36.3. The number of nitrogens with zero attached hydrogens (tertiary/aromatic N) is 3. The van der Waals surface area contributed by atoms with E-state index in [1.54, 1.807) is 30.3 Å². The number of nitrogens with two attached hydrogens (primary N) is 1. The van der Waals surface area contributed by atoms with E-state index in [2.05, 4.69) is 54.3 Å². The number of ether oxygens (including phenoxy) is 5. The number of H-pyrrole nitrogens is 1. The summed E-state index contributed by atoms with van der Waals surface area (Å²) in [5.41, 5.74) is 14.7. The van der Waals surface area contributed by atoms with Gasteiger partial charge in [0.15, 0.2) is 11.5 Å². The number of aromatic amines is 1. The molecule has 1 aliphatic heterocycles. The summed E-state index contributed by atoms with van der Waals surface area (Å²) in [5.74, 6) is 0.732. The van der Waals surface area contributed by atoms with Gasteiger partial charge in [0.05, 0.1) is 49.2 Å². The minimum atomic E-state index is -3.75. The number of amides is 2. The number of anilines is 2. The third-order valence-corrected chi connectivity index (χ3v) is 11.7. The summed E-state index contributed by atoms with van der Waals surface area (Å²) in [6.45, 7) is 6.03. The van der Waals surface area contributed by atoms with Gasteiger partial charge in [0, 0.05) is 40.4 Å². The molecule has 0 bridgehead atoms. The maximum atomic E-state index is 13.6. The first-order valence-electron chi connectivity index (χ1n) is 21.7. The quantitative estimate of drug-likeness (QED) is 0.0605. The minimum Gasteiger partial charge on any atom is -0.491 e. The molecule has 0 saturated heterocycles. The van der Waals surface area contributed by atoms with Gasteiger partial charge in [-0.15, -0.1) is 8.78 Å². The summed E-state index contributed by atoms with van der Waals surface area (Å²) in [7, 11) is 0. The molecule has 16 heteroatoms. The molecular formula is C50H47F2N7O7. The van der Waals surface area contributed by atoms with E-state index in [1.807, 2.05) is 61.8 Å². The highest BCUT2D eigenvalue weighted by atomic mass is 19.3. The molecule has 1 aliphatic carbocycles. The van der Waals surface area contributed by atoms with E-state index < -0.39 is 11.7 Å². The lowest BCUT2D eigenvalue weighted by Gasteiger charge is -2.17. The number of aromatic nitrogens is 4. The van der Waals surface area contributed by atoms with Crippen molar-refractivity contribution in [3.05, 3.63) is 132 Å². The van der Waals surface area contributed by atoms with Crippen molar-refractivity contribution in [1.29, 1.82) is 0 Å². The molecule has 14 nitrogen and oxygen atoms in total. The van der Waals surface area contributed by atoms with Crippen LogP contribution in [0, 0.1) is 6.92 Å². The van der Waals surface area contributed by atoms with Gasteiger partial charge in [-0.05, 0) is 109 Å². The van der Waals surface area contributed by atoms with E-state index in [0.29, 0.717) is 92.2 Å². The Hall–Kier alpha value is -7.43. The summed E-state index contributed by atoms with van der Waals surface area (Å²) in [5, 5.41) is 14.0. The van der Waals surface area contributed by atoms with Crippen molar-refractivity contribution in [2.24, 2.45) is 0 Å². The van der Waals surface area contributed by atoms with Crippen molar-refractivity contribution in [2.75, 3.05) is 50.6 Å². The highest BCUT2D eigenvalue weighted by molar-refractivity contribution is 6.01. The Kier molecular flexibility index (Phi) is 12.3. The largest absolute Gasteiger partial charge is 0.586 e. The molecule has 5 N–H and O–H groups in total. The zero-order valence-corrected chi connectivity index (χ0v) is 36.3. The second-order valence-corrected chi connectivity index (χ2v) is 16.1. The third-order valence-electron chi connectivity index (χ3n) is 11.7. The maximum Gasteiger partial charge on any atom is 0.586 e. The third kappa shape index (κ3) is 9.37. The molecule has 0 atom stereocenters. The van der Waals surface area contributed by atoms with Crippen LogP contribution in [0.4, 0.5) is 20.4 Å². The molecule has 1 saturated carbocycles. The number of halogens is 2. The Morgan fingerprint density at radius 2 is 1.61 bits per heavy atom. The van der Waals surface area contributed by atoms with Gasteiger partial charge in [-0.25, -0.2) is 9.97 Å². The molecule has 7 aromatic rings. The van der Waals surface area contributed by atoms with E-state index in [9.17, 15) is 18.4 Å². The molecule has 2 amide bonds. The summed E-state index contributed by atoms with van der Waals surface area (Å²) >= 11 is 0. The number of pyridine rings is 2. The maximum absolute atomic E-state index is 13.6. The number of hydrogen-bond acceptors (Lipinski definition) is 11. The van der Waals surface area contributed by atoms with Gasteiger partial charge < -0.3 is 40.1 Å². The average molecular weight is 896 g/mol. The van der Waals surface area contributed by atoms with Gasteiger partial charge in [0.2, 0.25) is 5.91 Å². The molecule has 1 fully saturated rings. The van der Waals surface area contributed by atoms with Gasteiger partial charge in [-0.2, -0.15) is 5.10 Å². The normalized spacial score (nSPS) is 14.2. The van der Waals surface area contributed by atoms with Gasteiger partial charge in [-0.1, -0.05) is 49.4 Å². The van der Waals surface area contributed by atoms with Crippen molar-refractivity contribution < 1.29 is 42.1 Å². The number of nitrogen functional groups attached to an aromatic ring is 1. The molecule has 66 heavy (non-hydrogen) atoms. The Balaban J connectivity index is 0.695. The van der Waals surface area contributed by atoms with Crippen LogP contribution in [-0.4, -0.2) is 77.9 Å². The minimum absolute atomic E-state index is 0.0793. The van der Waals surface area contributed by atoms with Crippen LogP contribution in [-0.2, 0) is 26.1 Å². The summed E-state index contributed by atoms with van der Waals surface area (Å²) in [6.07, 6.45) is 1.75. The number of carbonyl (C=O) groups excluding carboxylic acids is 2. The summed E-state index contributed by atoms with van der Waals surface area (Å²) in [6, 6.07) is 29.0. The fraction of sp³-hybridized carbons (Fsp3) is 0.260. The van der Waals surface area contributed by atoms with Gasteiger partial charge in [-0.3, -0.25) is 14.7 Å². The van der Waals surface area contributed by atoms with Gasteiger partial charge >= 0.3 is 6.29 Å². The predicted octanol–water partition coefficient (Wildman–Crippen LogP) is 8.64. The summed E-state index contributed by atoms with van der Waals surface area (Å²) < 4.78 is 53.6. The number of carbonyl (C=O) groups is 2. The van der Waals surface area contributed by atoms with Crippen LogP contribution in [0.5, 0.6) is 17.2 Å². The van der Waals surface area contributed by atoms with Crippen LogP contribution < -0.4 is 30.6 Å². The van der Waals surface area contributed by atoms with Crippen LogP contribution in [0.15, 0.2) is 109 Å². The first-order valence-corrected chi connectivity index (χ1v) is 21.7. The Morgan fingerprint density at radius 1 is 0.833 bits per heavy atom. The first-order chi connectivity index (χ1) is 32.0. The highest BCUT2D eigenvalue weighted by Crippen LogP contribution is 2.52. The van der Waals surface area contributed by atoms with Crippen molar-refractivity contribution in [3.8, 4) is 50.8 Å². The van der Waals surface area contributed by atoms with Crippen molar-refractivity contribution >= 4 is 34.4 Å². The Bertz CT molecular complexity index is 2920. The molecule has 338 valence electrons. The molecule has 4 aromatic carbocycles. The van der Waals surface area contributed by atoms with Crippen molar-refractivity contribution in [1.82, 2.24) is 25.5 Å². The lowest BCUT2D eigenvalue weighted by molar-refractivity contribution is -0.286. The Morgan fingerprint density at radius 3 is 2.41 bits per heavy atom. The standard InChI is InChI=1S/C50H47F2N7O7/c1-3-38-39(32-10-14-40-35(25-32)28-56-59-40)29-55-46(53)44(38)31-8-12-37(13-9-31)64-24-23-63-22-21-62-20-19-54-47(60)34-6-4-5-33(26-34)45-30(2)7-16-43(57-45)58-48(61)49(17-18-49)36-11-15-41-42(27-36)66-50(51,52)65-41/h4-16,25-29H,3,17-24H2,1-2H3,(H2,53,55)(H,54,60)(H,56,59)(H,57,58,61). The summed E-state index contributed by atoms with van der Waals surface area (Å²) in [4.78, 5) is 35.9. The molecular weight excluding hydrogens is 849 g/mol. The number of fused-ring (bicyclic) bond motifs is 2. The predicted molar refractivity (Wildman–Crippen MR) is 245 cm³/mol. The van der Waals surface area contributed by atoms with Crippen LogP contribution in [0.25, 0.3) is 44.4 Å². The highest BCUT2D eigenvalue weighted by Gasteiger charge is 2.53. The number of rotatable bonds is 18. The number of hydrogen-bond donors (Lipinski definition) is 4. The number of aryl methyl sites for hydroxylation is 1. The topological polar surface area (TPSA) is 185 Å². The fourth-order valence-electron chi connectivity index (χ4n) is 8.16. The van der Waals surface area contributed by atoms with Crippen LogP contribution in [0.3, 0.4) is 0 Å². The molecule has 0 spiro atoms. The Labute approximate surface area is 378 Å². The van der Waals surface area contributed by atoms with Gasteiger partial charge in [0.25, 0.3) is 5.91 Å². The fourth-order valence-corrected chi connectivity index (χ4v) is 8.16. The average Bonchev–Trinajstić information content (AvgIpc) is 3.89. The van der Waals surface area contributed by atoms with Gasteiger partial charge in [0.1, 0.15) is 24.0 Å². The van der Waals surface area contributed by atoms with Crippen LogP contribution >= 0.6 is 0 Å². The molecule has 0 unspecified atom stereocenters. The van der Waals surface area contributed by atoms with Crippen LogP contribution in [0.2, 0.25) is 0 Å². The molecule has 0 radical (unpaired) electrons. The monoisotopic (exact) mass is 895 g/mol. The first kappa shape index (κ1) is 43.8. The van der Waals surface area contributed by atoms with E-state index in [-0.39, 0.29) is 23.3 Å². The van der Waals surface area contributed by atoms with E-state index in [1.165, 1.54) is 12.1 Å². The molecule has 3 aromatic heterocycles. The second-order valence-electron chi connectivity index (χ2n) is 16.1. The molecule has 4 heterocycles. The SMILES string of the molecule is CCc1c(-c2ccc3[nH]ncc3c2)cnc(N)c1-c1ccc(OCCOCCOCCNC(=O)c2cccc(-c3nc(NC(=O)C4(c5ccc6c(c5)OC(F)(F)O6)CC4)ccc3C)c2)cc1. The lowest BCUT2D eigenvalue weighted by Crippen LogP contribution is -2.28. The lowest BCUT2D eigenvalue weighted by atomic mass is 9.91. The number of alkyl halides is 2. The molecule has 2 aliphatic rings. The number of benzene rings is 4. The zero-order chi connectivity index (χ0) is 45.8. The van der Waals surface area contributed by atoms with Crippen molar-refractivity contribution in [2.45, 2.75) is 44.8 Å². The van der Waals surface area contributed by atoms with E-state index in [4.69, 9.17) is 24.9 Å². The van der Waals surface area contributed by atoms with Crippen LogP contribution in [0.1, 0.15) is 46.8 Å². The number of nitrogens with one attached hydrogen (secondary N) is 3.